The molecule has 6 nitrogen and oxygen atoms in total. The van der Waals surface area contributed by atoms with Crippen molar-refractivity contribution in [1.82, 2.24) is 19.9 Å². The van der Waals surface area contributed by atoms with Crippen molar-refractivity contribution in [1.29, 1.82) is 0 Å². The molecule has 6 heteroatoms. The van der Waals surface area contributed by atoms with Crippen molar-refractivity contribution in [3.63, 3.8) is 0 Å². The highest BCUT2D eigenvalue weighted by molar-refractivity contribution is 5.91. The van der Waals surface area contributed by atoms with Crippen LogP contribution in [0.1, 0.15) is 39.9 Å². The van der Waals surface area contributed by atoms with Crippen LogP contribution in [0.2, 0.25) is 0 Å². The number of nitrogens with one attached hydrogen (secondary N) is 2. The zero-order valence-corrected chi connectivity index (χ0v) is 32.0. The highest BCUT2D eigenvalue weighted by Gasteiger charge is 2.32. The van der Waals surface area contributed by atoms with E-state index in [-0.39, 0.29) is 12.1 Å². The van der Waals surface area contributed by atoms with Crippen LogP contribution in [0.4, 0.5) is 11.4 Å². The van der Waals surface area contributed by atoms with Gasteiger partial charge in [0.25, 0.3) is 0 Å². The Kier molecular flexibility index (Phi) is 8.52. The van der Waals surface area contributed by atoms with E-state index in [0.717, 1.165) is 95.2 Å². The van der Waals surface area contributed by atoms with Crippen molar-refractivity contribution >= 4 is 33.4 Å². The lowest BCUT2D eigenvalue weighted by Crippen LogP contribution is -2.30. The van der Waals surface area contributed by atoms with Gasteiger partial charge >= 0.3 is 0 Å². The summed E-state index contributed by atoms with van der Waals surface area (Å²) in [6, 6.07) is 57.1. The average molecular weight is 737 g/mol. The van der Waals surface area contributed by atoms with E-state index in [1.165, 1.54) is 11.1 Å². The molecule has 9 aromatic rings. The third-order valence-corrected chi connectivity index (χ3v) is 10.9. The lowest BCUT2D eigenvalue weighted by atomic mass is 9.87. The summed E-state index contributed by atoms with van der Waals surface area (Å²) in [4.78, 5) is 21.5. The molecule has 0 spiro atoms. The van der Waals surface area contributed by atoms with Crippen LogP contribution in [-0.2, 0) is 0 Å². The van der Waals surface area contributed by atoms with E-state index in [1.807, 2.05) is 12.1 Å². The number of anilines is 2. The maximum atomic E-state index is 5.41. The summed E-state index contributed by atoms with van der Waals surface area (Å²) in [5.41, 5.74) is 18.5. The van der Waals surface area contributed by atoms with Crippen LogP contribution in [0.25, 0.3) is 67.1 Å². The molecule has 274 valence electrons. The van der Waals surface area contributed by atoms with Gasteiger partial charge in [0, 0.05) is 22.3 Å². The van der Waals surface area contributed by atoms with Crippen LogP contribution in [-0.4, -0.2) is 19.9 Å². The number of nitrogens with zero attached hydrogens (tertiary/aromatic N) is 4. The van der Waals surface area contributed by atoms with Gasteiger partial charge in [-0.05, 0) is 103 Å². The number of rotatable bonds is 6. The summed E-state index contributed by atoms with van der Waals surface area (Å²) in [6.45, 7) is 6.32. The Bertz CT molecular complexity index is 2800. The number of hydrogen-bond acceptors (Lipinski definition) is 6. The van der Waals surface area contributed by atoms with Crippen molar-refractivity contribution in [2.75, 3.05) is 10.6 Å². The van der Waals surface area contributed by atoms with E-state index in [2.05, 4.69) is 183 Å². The molecule has 57 heavy (non-hydrogen) atoms. The Morgan fingerprint density at radius 1 is 0.333 bits per heavy atom. The summed E-state index contributed by atoms with van der Waals surface area (Å²) >= 11 is 0. The van der Waals surface area contributed by atoms with E-state index in [1.54, 1.807) is 0 Å². The molecular weight excluding hydrogens is 697 g/mol. The predicted octanol–water partition coefficient (Wildman–Crippen LogP) is 12.5. The number of benzene rings is 7. The number of aryl methyl sites for hydroxylation is 3. The molecule has 0 bridgehead atoms. The second-order valence-corrected chi connectivity index (χ2v) is 15.1. The molecule has 2 unspecified atom stereocenters. The predicted molar refractivity (Wildman–Crippen MR) is 234 cm³/mol. The zero-order valence-electron chi connectivity index (χ0n) is 32.0. The molecule has 1 aliphatic heterocycles. The van der Waals surface area contributed by atoms with Crippen LogP contribution in [0.5, 0.6) is 0 Å². The minimum absolute atomic E-state index is 0.0814. The number of aromatic nitrogens is 4. The topological polar surface area (TPSA) is 75.6 Å². The van der Waals surface area contributed by atoms with Gasteiger partial charge < -0.3 is 10.6 Å². The molecule has 2 aromatic heterocycles. The monoisotopic (exact) mass is 736 g/mol. The first-order valence-corrected chi connectivity index (χ1v) is 19.5. The van der Waals surface area contributed by atoms with Crippen molar-refractivity contribution in [3.05, 3.63) is 192 Å². The van der Waals surface area contributed by atoms with Crippen molar-refractivity contribution in [2.45, 2.75) is 32.9 Å². The minimum atomic E-state index is -0.159. The molecule has 2 N–H and O–H groups in total. The largest absolute Gasteiger partial charge is 0.374 e. The molecule has 0 saturated carbocycles. The first-order chi connectivity index (χ1) is 27.9. The Balaban J connectivity index is 1.27. The molecule has 7 aromatic carbocycles. The van der Waals surface area contributed by atoms with Crippen molar-refractivity contribution in [3.8, 4) is 45.0 Å². The zero-order chi connectivity index (χ0) is 38.5. The molecule has 0 saturated heterocycles. The van der Waals surface area contributed by atoms with Gasteiger partial charge in [0.15, 0.2) is 0 Å². The second-order valence-electron chi connectivity index (χ2n) is 15.1. The fourth-order valence-electron chi connectivity index (χ4n) is 8.05. The van der Waals surface area contributed by atoms with E-state index in [9.17, 15) is 0 Å². The fraction of sp³-hybridized carbons (Fsp3) is 0.0980. The van der Waals surface area contributed by atoms with Gasteiger partial charge in [-0.15, -0.1) is 0 Å². The normalized spacial score (nSPS) is 14.9. The highest BCUT2D eigenvalue weighted by Crippen LogP contribution is 2.45. The number of hydrogen-bond donors (Lipinski definition) is 2. The van der Waals surface area contributed by atoms with Gasteiger partial charge in [0.05, 0.1) is 68.3 Å². The Morgan fingerprint density at radius 3 is 1.30 bits per heavy atom. The van der Waals surface area contributed by atoms with Gasteiger partial charge in [-0.2, -0.15) is 0 Å². The van der Waals surface area contributed by atoms with Gasteiger partial charge in [-0.3, -0.25) is 0 Å². The van der Waals surface area contributed by atoms with Crippen LogP contribution in [0.15, 0.2) is 164 Å². The molecule has 3 heterocycles. The molecule has 1 aliphatic rings. The lowest BCUT2D eigenvalue weighted by Gasteiger charge is -2.37. The fourth-order valence-corrected chi connectivity index (χ4v) is 8.05. The van der Waals surface area contributed by atoms with Crippen LogP contribution in [0, 0.1) is 20.8 Å². The summed E-state index contributed by atoms with van der Waals surface area (Å²) < 4.78 is 0. The third kappa shape index (κ3) is 6.55. The lowest BCUT2D eigenvalue weighted by molar-refractivity contribution is 0.636. The van der Waals surface area contributed by atoms with E-state index in [0.29, 0.717) is 0 Å². The average Bonchev–Trinajstić information content (AvgIpc) is 3.25. The second kappa shape index (κ2) is 14.2. The van der Waals surface area contributed by atoms with Gasteiger partial charge in [0.2, 0.25) is 0 Å². The summed E-state index contributed by atoms with van der Waals surface area (Å²) in [6.07, 6.45) is 0. The standard InChI is InChI=1S/C51H40N6/c1-31-19-22-40-43(25-31)55-46(34-13-7-4-8-14-34)49(52-40)37-28-38(50-47(35-15-9-5-10-16-35)56-44-26-32(2)20-23-41(44)53-50)30-39(29-37)51-48(36-17-11-6-12-18-36)57-45-27-33(3)21-24-42(45)54-51/h4-30,46,49,52,55H,1-3H3. The van der Waals surface area contributed by atoms with Crippen LogP contribution < -0.4 is 10.6 Å². The highest BCUT2D eigenvalue weighted by atomic mass is 15.1. The number of fused-ring (bicyclic) bond motifs is 3. The molecule has 0 fully saturated rings. The quantitative estimate of drug-likeness (QED) is 0.177. The first kappa shape index (κ1) is 34.3. The maximum absolute atomic E-state index is 5.41. The summed E-state index contributed by atoms with van der Waals surface area (Å²) in [7, 11) is 0. The Labute approximate surface area is 332 Å². The van der Waals surface area contributed by atoms with Crippen LogP contribution >= 0.6 is 0 Å². The van der Waals surface area contributed by atoms with Crippen molar-refractivity contribution < 1.29 is 0 Å². The van der Waals surface area contributed by atoms with Gasteiger partial charge in [-0.1, -0.05) is 109 Å². The van der Waals surface area contributed by atoms with Crippen molar-refractivity contribution in [2.24, 2.45) is 0 Å². The van der Waals surface area contributed by atoms with E-state index < -0.39 is 0 Å². The molecule has 10 rings (SSSR count). The van der Waals surface area contributed by atoms with E-state index in [4.69, 9.17) is 19.9 Å². The SMILES string of the molecule is Cc1ccc2c(c1)NC(c1ccccc1)C(c1cc(-c3nc4ccc(C)cc4nc3-c3ccccc3)cc(-c3nc4ccc(C)cc4nc3-c3ccccc3)c1)N2. The Morgan fingerprint density at radius 2 is 0.754 bits per heavy atom. The summed E-state index contributed by atoms with van der Waals surface area (Å²) in [5.74, 6) is 0. The molecule has 2 atom stereocenters. The molecule has 0 aliphatic carbocycles. The maximum Gasteiger partial charge on any atom is 0.0973 e. The van der Waals surface area contributed by atoms with Crippen LogP contribution in [0.3, 0.4) is 0 Å². The molecule has 0 radical (unpaired) electrons. The first-order valence-electron chi connectivity index (χ1n) is 19.5. The minimum Gasteiger partial charge on any atom is -0.374 e. The molecule has 0 amide bonds. The smallest absolute Gasteiger partial charge is 0.0973 e. The summed E-state index contributed by atoms with van der Waals surface area (Å²) in [5, 5.41) is 7.91. The van der Waals surface area contributed by atoms with Gasteiger partial charge in [0.1, 0.15) is 0 Å². The molecular formula is C51H40N6. The Hall–Kier alpha value is -7.18. The third-order valence-electron chi connectivity index (χ3n) is 10.9. The van der Waals surface area contributed by atoms with Gasteiger partial charge in [-0.25, -0.2) is 19.9 Å². The van der Waals surface area contributed by atoms with E-state index >= 15 is 0 Å².